The maximum absolute atomic E-state index is 14.3. The molecule has 0 amide bonds. The van der Waals surface area contributed by atoms with Gasteiger partial charge in [0.05, 0.1) is 23.1 Å². The van der Waals surface area contributed by atoms with E-state index >= 15 is 0 Å². The molecule has 0 saturated carbocycles. The number of fused-ring (bicyclic) bond motifs is 1. The Kier molecular flexibility index (Phi) is 4.14. The van der Waals surface area contributed by atoms with E-state index in [0.717, 1.165) is 16.8 Å². The van der Waals surface area contributed by atoms with E-state index in [4.69, 9.17) is 10.7 Å². The molecule has 6 nitrogen and oxygen atoms in total. The Morgan fingerprint density at radius 3 is 2.88 bits per heavy atom. The van der Waals surface area contributed by atoms with Gasteiger partial charge in [0.15, 0.2) is 11.0 Å². The molecule has 4 rings (SSSR count). The maximum Gasteiger partial charge on any atom is 0.225 e. The lowest BCUT2D eigenvalue weighted by molar-refractivity contribution is 0.205. The molecular formula is C16H18F2N6S2. The highest BCUT2D eigenvalue weighted by Gasteiger charge is 2.51. The summed E-state index contributed by atoms with van der Waals surface area (Å²) in [6.07, 6.45) is 2.85. The lowest BCUT2D eigenvalue weighted by Gasteiger charge is -2.32. The molecule has 2 atom stereocenters. The second-order valence-electron chi connectivity index (χ2n) is 6.97. The van der Waals surface area contributed by atoms with Crippen LogP contribution in [-0.4, -0.2) is 39.0 Å². The largest absolute Gasteiger partial charge is 0.379 e. The fourth-order valence-electron chi connectivity index (χ4n) is 3.48. The molecular weight excluding hydrogens is 378 g/mol. The van der Waals surface area contributed by atoms with Crippen LogP contribution in [0.1, 0.15) is 24.4 Å². The van der Waals surface area contributed by atoms with Crippen LogP contribution in [0, 0.1) is 11.7 Å². The number of nitrogens with two attached hydrogens (primary N) is 1. The number of thioether (sulfide) groups is 1. The molecule has 2 aromatic heterocycles. The summed E-state index contributed by atoms with van der Waals surface area (Å²) < 4.78 is 28.3. The van der Waals surface area contributed by atoms with Crippen LogP contribution >= 0.6 is 23.1 Å². The van der Waals surface area contributed by atoms with Gasteiger partial charge in [-0.3, -0.25) is 4.98 Å². The zero-order valence-electron chi connectivity index (χ0n) is 14.3. The van der Waals surface area contributed by atoms with E-state index in [1.165, 1.54) is 36.9 Å². The van der Waals surface area contributed by atoms with Crippen molar-refractivity contribution in [3.8, 4) is 0 Å². The Bertz CT molecular complexity index is 851. The zero-order valence-corrected chi connectivity index (χ0v) is 15.9. The Morgan fingerprint density at radius 1 is 1.38 bits per heavy atom. The van der Waals surface area contributed by atoms with E-state index in [1.807, 2.05) is 11.1 Å². The van der Waals surface area contributed by atoms with Gasteiger partial charge >= 0.3 is 0 Å². The first-order valence-electron chi connectivity index (χ1n) is 8.13. The normalized spacial score (nSPS) is 25.9. The summed E-state index contributed by atoms with van der Waals surface area (Å²) in [5.74, 6) is 0.569. The number of halogens is 2. The van der Waals surface area contributed by atoms with Crippen molar-refractivity contribution >= 4 is 34.2 Å². The van der Waals surface area contributed by atoms with Crippen LogP contribution in [-0.2, 0) is 11.2 Å². The van der Waals surface area contributed by atoms with Crippen molar-refractivity contribution in [3.05, 3.63) is 34.3 Å². The first-order valence-corrected chi connectivity index (χ1v) is 10.00. The minimum Gasteiger partial charge on any atom is -0.379 e. The van der Waals surface area contributed by atoms with Crippen molar-refractivity contribution in [1.82, 2.24) is 15.0 Å². The molecule has 2 aromatic rings. The lowest BCUT2D eigenvalue weighted by Crippen LogP contribution is -2.39. The van der Waals surface area contributed by atoms with Gasteiger partial charge in [0.2, 0.25) is 5.95 Å². The number of anilines is 1. The minimum absolute atomic E-state index is 0.190. The monoisotopic (exact) mass is 396 g/mol. The Balaban J connectivity index is 1.74. The van der Waals surface area contributed by atoms with Crippen molar-refractivity contribution in [2.24, 2.45) is 16.6 Å². The molecule has 1 saturated heterocycles. The van der Waals surface area contributed by atoms with Crippen LogP contribution in [0.4, 0.5) is 14.7 Å². The van der Waals surface area contributed by atoms with E-state index < -0.39 is 17.0 Å². The molecule has 2 aliphatic rings. The first-order chi connectivity index (χ1) is 12.3. The standard InChI is InChI=1S/C16H18F2N6S2/c1-15(2,18)12-10(17)3-21-14(22-12)24-5-9-6-25-13(19)23-16(9,7-24)11-4-20-8-26-11/h3-4,8-9H,5-7H2,1-2H3,(H2,19,23). The Labute approximate surface area is 158 Å². The number of alkyl halides is 1. The number of nitrogens with zero attached hydrogens (tertiary/aromatic N) is 5. The molecule has 0 spiro atoms. The van der Waals surface area contributed by atoms with Gasteiger partial charge in [-0.15, -0.1) is 11.3 Å². The van der Waals surface area contributed by atoms with Gasteiger partial charge in [-0.1, -0.05) is 11.8 Å². The maximum atomic E-state index is 14.3. The molecule has 0 aromatic carbocycles. The summed E-state index contributed by atoms with van der Waals surface area (Å²) in [5.41, 5.74) is 5.15. The average Bonchev–Trinajstić information content (AvgIpc) is 3.22. The van der Waals surface area contributed by atoms with Gasteiger partial charge in [-0.2, -0.15) is 0 Å². The minimum atomic E-state index is -1.89. The highest BCUT2D eigenvalue weighted by Crippen LogP contribution is 2.47. The van der Waals surface area contributed by atoms with Gasteiger partial charge in [-0.25, -0.2) is 23.7 Å². The van der Waals surface area contributed by atoms with Crippen LogP contribution < -0.4 is 10.6 Å². The number of rotatable bonds is 3. The average molecular weight is 396 g/mol. The van der Waals surface area contributed by atoms with Crippen molar-refractivity contribution in [2.75, 3.05) is 23.7 Å². The van der Waals surface area contributed by atoms with E-state index in [0.29, 0.717) is 24.2 Å². The van der Waals surface area contributed by atoms with Crippen molar-refractivity contribution in [3.63, 3.8) is 0 Å². The van der Waals surface area contributed by atoms with Crippen LogP contribution in [0.2, 0.25) is 0 Å². The molecule has 0 bridgehead atoms. The summed E-state index contributed by atoms with van der Waals surface area (Å²) in [6, 6.07) is 0. The van der Waals surface area contributed by atoms with Crippen molar-refractivity contribution < 1.29 is 8.78 Å². The van der Waals surface area contributed by atoms with E-state index in [2.05, 4.69) is 15.0 Å². The molecule has 10 heteroatoms. The number of aromatic nitrogens is 3. The Hall–Kier alpha value is -1.81. The third-order valence-electron chi connectivity index (χ3n) is 4.73. The molecule has 1 fully saturated rings. The second-order valence-corrected chi connectivity index (χ2v) is 8.89. The molecule has 2 unspecified atom stereocenters. The summed E-state index contributed by atoms with van der Waals surface area (Å²) in [4.78, 5) is 20.2. The van der Waals surface area contributed by atoms with E-state index in [1.54, 1.807) is 5.51 Å². The van der Waals surface area contributed by atoms with Gasteiger partial charge in [0, 0.05) is 24.4 Å². The highest BCUT2D eigenvalue weighted by molar-refractivity contribution is 8.13. The second kappa shape index (κ2) is 6.12. The van der Waals surface area contributed by atoms with Crippen LogP contribution in [0.15, 0.2) is 22.9 Å². The number of hydrogen-bond acceptors (Lipinski definition) is 8. The fraction of sp³-hybridized carbons (Fsp3) is 0.500. The molecule has 26 heavy (non-hydrogen) atoms. The number of thiazole rings is 1. The quantitative estimate of drug-likeness (QED) is 0.859. The zero-order chi connectivity index (χ0) is 18.5. The number of amidine groups is 1. The van der Waals surface area contributed by atoms with Gasteiger partial charge in [0.1, 0.15) is 16.9 Å². The smallest absolute Gasteiger partial charge is 0.225 e. The lowest BCUT2D eigenvalue weighted by atomic mass is 9.87. The molecule has 138 valence electrons. The SMILES string of the molecule is CC(C)(F)c1nc(N2CC3CSC(N)=NC3(c3cncs3)C2)ncc1F. The third-order valence-corrected chi connectivity index (χ3v) is 6.62. The predicted molar refractivity (Wildman–Crippen MR) is 99.7 cm³/mol. The molecule has 2 aliphatic heterocycles. The summed E-state index contributed by atoms with van der Waals surface area (Å²) in [5, 5.41) is 0.544. The van der Waals surface area contributed by atoms with E-state index in [-0.39, 0.29) is 11.6 Å². The number of hydrogen-bond donors (Lipinski definition) is 1. The van der Waals surface area contributed by atoms with Crippen LogP contribution in [0.5, 0.6) is 0 Å². The molecule has 0 aliphatic carbocycles. The summed E-state index contributed by atoms with van der Waals surface area (Å²) in [7, 11) is 0. The summed E-state index contributed by atoms with van der Waals surface area (Å²) >= 11 is 3.06. The van der Waals surface area contributed by atoms with Gasteiger partial charge in [-0.05, 0) is 13.8 Å². The Morgan fingerprint density at radius 2 is 2.19 bits per heavy atom. The first kappa shape index (κ1) is 17.6. The highest BCUT2D eigenvalue weighted by atomic mass is 32.2. The topological polar surface area (TPSA) is 80.3 Å². The summed E-state index contributed by atoms with van der Waals surface area (Å²) in [6.45, 7) is 3.71. The molecule has 0 radical (unpaired) electrons. The predicted octanol–water partition coefficient (Wildman–Crippen LogP) is 2.67. The van der Waals surface area contributed by atoms with Crippen LogP contribution in [0.25, 0.3) is 0 Å². The van der Waals surface area contributed by atoms with Gasteiger partial charge in [0.25, 0.3) is 0 Å². The van der Waals surface area contributed by atoms with Crippen molar-refractivity contribution in [1.29, 1.82) is 0 Å². The van der Waals surface area contributed by atoms with Crippen molar-refractivity contribution in [2.45, 2.75) is 25.1 Å². The van der Waals surface area contributed by atoms with Crippen LogP contribution in [0.3, 0.4) is 0 Å². The van der Waals surface area contributed by atoms with E-state index in [9.17, 15) is 8.78 Å². The molecule has 2 N–H and O–H groups in total. The third kappa shape index (κ3) is 2.84. The fourth-order valence-corrected chi connectivity index (χ4v) is 5.30. The molecule has 4 heterocycles. The van der Waals surface area contributed by atoms with Gasteiger partial charge < -0.3 is 10.6 Å². The number of aliphatic imine (C=N–C) groups is 1.